The number of rotatable bonds is 6. The predicted molar refractivity (Wildman–Crippen MR) is 90.4 cm³/mol. The highest BCUT2D eigenvalue weighted by molar-refractivity contribution is 6.00. The molecule has 120 valence electrons. The zero-order chi connectivity index (χ0) is 16.8. The number of H-pyrrole nitrogens is 1. The van der Waals surface area contributed by atoms with Crippen molar-refractivity contribution in [1.29, 1.82) is 0 Å². The number of aliphatic imine (C=N–C) groups is 1. The fourth-order valence-electron chi connectivity index (χ4n) is 2.26. The Labute approximate surface area is 133 Å². The van der Waals surface area contributed by atoms with Crippen LogP contribution in [-0.4, -0.2) is 26.9 Å². The van der Waals surface area contributed by atoms with Crippen molar-refractivity contribution in [3.8, 4) is 5.88 Å². The second kappa shape index (κ2) is 7.40. The van der Waals surface area contributed by atoms with E-state index in [1.54, 1.807) is 6.92 Å². The third-order valence-electron chi connectivity index (χ3n) is 3.44. The molecule has 6 nitrogen and oxygen atoms in total. The van der Waals surface area contributed by atoms with E-state index >= 15 is 0 Å². The first-order valence-electron chi connectivity index (χ1n) is 7.27. The van der Waals surface area contributed by atoms with Gasteiger partial charge in [-0.05, 0) is 18.9 Å². The quantitative estimate of drug-likeness (QED) is 0.625. The number of aromatic hydroxyl groups is 1. The van der Waals surface area contributed by atoms with E-state index < -0.39 is 11.2 Å². The predicted octanol–water partition coefficient (Wildman–Crippen LogP) is 1.48. The Morgan fingerprint density at radius 2 is 2.04 bits per heavy atom. The average molecular weight is 313 g/mol. The first kappa shape index (κ1) is 16.5. The number of nitrogens with zero attached hydrogens (tertiary/aromatic N) is 2. The van der Waals surface area contributed by atoms with E-state index in [-0.39, 0.29) is 18.0 Å². The summed E-state index contributed by atoms with van der Waals surface area (Å²) < 4.78 is 1.04. The van der Waals surface area contributed by atoms with Crippen LogP contribution in [0.1, 0.15) is 18.1 Å². The number of benzene rings is 1. The lowest BCUT2D eigenvalue weighted by atomic mass is 10.1. The number of hydrogen-bond donors (Lipinski definition) is 2. The number of hydrogen-bond acceptors (Lipinski definition) is 4. The fourth-order valence-corrected chi connectivity index (χ4v) is 2.26. The summed E-state index contributed by atoms with van der Waals surface area (Å²) in [6.45, 7) is 5.75. The smallest absolute Gasteiger partial charge is 0.331 e. The van der Waals surface area contributed by atoms with Gasteiger partial charge in [0.05, 0.1) is 0 Å². The lowest BCUT2D eigenvalue weighted by molar-refractivity contribution is 0.409. The molecule has 6 heteroatoms. The summed E-state index contributed by atoms with van der Waals surface area (Å²) in [5.41, 5.74) is 0.220. The Morgan fingerprint density at radius 3 is 2.70 bits per heavy atom. The highest BCUT2D eigenvalue weighted by Crippen LogP contribution is 2.11. The summed E-state index contributed by atoms with van der Waals surface area (Å²) in [6.07, 6.45) is 2.19. The third kappa shape index (κ3) is 3.85. The van der Waals surface area contributed by atoms with Gasteiger partial charge in [-0.25, -0.2) is 4.79 Å². The van der Waals surface area contributed by atoms with Crippen LogP contribution in [0.3, 0.4) is 0 Å². The van der Waals surface area contributed by atoms with Crippen molar-refractivity contribution in [2.24, 2.45) is 4.99 Å². The van der Waals surface area contributed by atoms with E-state index in [0.717, 1.165) is 16.6 Å². The van der Waals surface area contributed by atoms with E-state index in [0.29, 0.717) is 12.3 Å². The summed E-state index contributed by atoms with van der Waals surface area (Å²) in [5.74, 6) is -0.389. The maximum absolute atomic E-state index is 12.0. The molecule has 0 radical (unpaired) electrons. The molecule has 0 saturated carbocycles. The van der Waals surface area contributed by atoms with Gasteiger partial charge in [0.1, 0.15) is 5.56 Å². The zero-order valence-electron chi connectivity index (χ0n) is 13.0. The van der Waals surface area contributed by atoms with Crippen molar-refractivity contribution >= 4 is 5.71 Å². The molecule has 2 aromatic rings. The molecule has 0 atom stereocenters. The van der Waals surface area contributed by atoms with E-state index in [1.807, 2.05) is 30.3 Å². The van der Waals surface area contributed by atoms with Gasteiger partial charge in [0.15, 0.2) is 0 Å². The monoisotopic (exact) mass is 313 g/mol. The van der Waals surface area contributed by atoms with Gasteiger partial charge in [0.25, 0.3) is 5.56 Å². The SMILES string of the molecule is C=CCn1c(O)c(C(C)=NCCc2ccccc2)c(=O)[nH]c1=O. The lowest BCUT2D eigenvalue weighted by Crippen LogP contribution is -2.33. The summed E-state index contributed by atoms with van der Waals surface area (Å²) in [4.78, 5) is 30.2. The zero-order valence-corrected chi connectivity index (χ0v) is 13.0. The van der Waals surface area contributed by atoms with E-state index in [1.165, 1.54) is 6.08 Å². The molecule has 0 amide bonds. The standard InChI is InChI=1S/C17H19N3O3/c1-3-11-20-16(22)14(15(21)19-17(20)23)12(2)18-10-9-13-7-5-4-6-8-13/h3-8,22H,1,9-11H2,2H3,(H,19,21,23). The van der Waals surface area contributed by atoms with Crippen molar-refractivity contribution in [1.82, 2.24) is 9.55 Å². The number of aromatic nitrogens is 2. The first-order chi connectivity index (χ1) is 11.0. The topological polar surface area (TPSA) is 87.4 Å². The Kier molecular flexibility index (Phi) is 5.30. The minimum atomic E-state index is -0.673. The molecule has 2 N–H and O–H groups in total. The van der Waals surface area contributed by atoms with Crippen LogP contribution >= 0.6 is 0 Å². The summed E-state index contributed by atoms with van der Waals surface area (Å²) in [7, 11) is 0. The van der Waals surface area contributed by atoms with Gasteiger partial charge in [-0.1, -0.05) is 36.4 Å². The third-order valence-corrected chi connectivity index (χ3v) is 3.44. The second-order valence-corrected chi connectivity index (χ2v) is 5.06. The van der Waals surface area contributed by atoms with Crippen molar-refractivity contribution in [3.05, 3.63) is 75.0 Å². The largest absolute Gasteiger partial charge is 0.494 e. The van der Waals surface area contributed by atoms with Gasteiger partial charge < -0.3 is 5.11 Å². The molecule has 0 aliphatic heterocycles. The van der Waals surface area contributed by atoms with Gasteiger partial charge >= 0.3 is 5.69 Å². The van der Waals surface area contributed by atoms with Crippen LogP contribution in [0.25, 0.3) is 0 Å². The Morgan fingerprint density at radius 1 is 1.35 bits per heavy atom. The van der Waals surface area contributed by atoms with Gasteiger partial charge in [0.2, 0.25) is 5.88 Å². The molecule has 2 rings (SSSR count). The van der Waals surface area contributed by atoms with Gasteiger partial charge in [0, 0.05) is 18.8 Å². The summed E-state index contributed by atoms with van der Waals surface area (Å²) in [5, 5.41) is 10.2. The van der Waals surface area contributed by atoms with Crippen LogP contribution in [0.5, 0.6) is 5.88 Å². The van der Waals surface area contributed by atoms with Crippen LogP contribution in [0.2, 0.25) is 0 Å². The fraction of sp³-hybridized carbons (Fsp3) is 0.235. The molecule has 0 aliphatic rings. The molecule has 0 aliphatic carbocycles. The molecule has 1 aromatic carbocycles. The molecule has 23 heavy (non-hydrogen) atoms. The maximum atomic E-state index is 12.0. The van der Waals surface area contributed by atoms with Crippen molar-refractivity contribution in [3.63, 3.8) is 0 Å². The molecule has 0 bridgehead atoms. The molecule has 1 aromatic heterocycles. The molecular weight excluding hydrogens is 294 g/mol. The maximum Gasteiger partial charge on any atom is 0.331 e. The second-order valence-electron chi connectivity index (χ2n) is 5.06. The number of allylic oxidation sites excluding steroid dienone is 1. The molecular formula is C17H19N3O3. The van der Waals surface area contributed by atoms with Crippen LogP contribution in [0.4, 0.5) is 0 Å². The Bertz CT molecular complexity index is 832. The average Bonchev–Trinajstić information content (AvgIpc) is 2.52. The summed E-state index contributed by atoms with van der Waals surface area (Å²) in [6, 6.07) is 9.85. The lowest BCUT2D eigenvalue weighted by Gasteiger charge is -2.09. The van der Waals surface area contributed by atoms with Gasteiger partial charge in [-0.3, -0.25) is 19.3 Å². The highest BCUT2D eigenvalue weighted by atomic mass is 16.3. The van der Waals surface area contributed by atoms with E-state index in [4.69, 9.17) is 0 Å². The minimum absolute atomic E-state index is 0.0134. The van der Waals surface area contributed by atoms with Crippen LogP contribution in [-0.2, 0) is 13.0 Å². The Balaban J connectivity index is 2.28. The van der Waals surface area contributed by atoms with Crippen molar-refractivity contribution < 1.29 is 5.11 Å². The minimum Gasteiger partial charge on any atom is -0.494 e. The number of nitrogens with one attached hydrogen (secondary N) is 1. The highest BCUT2D eigenvalue weighted by Gasteiger charge is 2.15. The molecule has 0 spiro atoms. The summed E-state index contributed by atoms with van der Waals surface area (Å²) >= 11 is 0. The first-order valence-corrected chi connectivity index (χ1v) is 7.27. The molecule has 0 fully saturated rings. The molecule has 1 heterocycles. The van der Waals surface area contributed by atoms with Gasteiger partial charge in [-0.2, -0.15) is 0 Å². The Hall–Kier alpha value is -2.89. The van der Waals surface area contributed by atoms with E-state index in [9.17, 15) is 14.7 Å². The van der Waals surface area contributed by atoms with Crippen molar-refractivity contribution in [2.45, 2.75) is 19.9 Å². The molecule has 0 saturated heterocycles. The van der Waals surface area contributed by atoms with Crippen LogP contribution in [0.15, 0.2) is 57.6 Å². The van der Waals surface area contributed by atoms with Crippen molar-refractivity contribution in [2.75, 3.05) is 6.54 Å². The molecule has 0 unspecified atom stereocenters. The normalized spacial score (nSPS) is 11.4. The van der Waals surface area contributed by atoms with Gasteiger partial charge in [-0.15, -0.1) is 6.58 Å². The van der Waals surface area contributed by atoms with E-state index in [2.05, 4.69) is 16.6 Å². The van der Waals surface area contributed by atoms with Crippen LogP contribution < -0.4 is 11.2 Å². The van der Waals surface area contributed by atoms with Crippen LogP contribution in [0, 0.1) is 0 Å². The number of aromatic amines is 1.